The molecule has 2 heterocycles. The highest BCUT2D eigenvalue weighted by molar-refractivity contribution is 6.04. The summed E-state index contributed by atoms with van der Waals surface area (Å²) in [6, 6.07) is 18.2. The molecular weight excluding hydrogens is 404 g/mol. The van der Waals surface area contributed by atoms with Crippen LogP contribution in [0.5, 0.6) is 5.75 Å². The quantitative estimate of drug-likeness (QED) is 0.371. The van der Waals surface area contributed by atoms with Gasteiger partial charge in [-0.3, -0.25) is 4.79 Å². The Balaban J connectivity index is 1.35. The van der Waals surface area contributed by atoms with Crippen molar-refractivity contribution in [2.75, 3.05) is 17.2 Å². The van der Waals surface area contributed by atoms with Crippen LogP contribution in [0, 0.1) is 0 Å². The average molecular weight is 428 g/mol. The molecule has 0 atom stereocenters. The summed E-state index contributed by atoms with van der Waals surface area (Å²) in [4.78, 5) is 21.0. The van der Waals surface area contributed by atoms with E-state index >= 15 is 0 Å². The molecule has 4 aromatic rings. The lowest BCUT2D eigenvalue weighted by Crippen LogP contribution is -2.11. The number of hydrogen-bond acceptors (Lipinski definition) is 6. The fourth-order valence-electron chi connectivity index (χ4n) is 2.97. The van der Waals surface area contributed by atoms with Crippen molar-refractivity contribution in [1.82, 2.24) is 19.7 Å². The van der Waals surface area contributed by atoms with E-state index in [-0.39, 0.29) is 5.91 Å². The molecule has 4 rings (SSSR count). The van der Waals surface area contributed by atoms with Gasteiger partial charge in [-0.15, -0.1) is 0 Å². The molecule has 2 aromatic carbocycles. The molecular formula is C24H24N6O2. The van der Waals surface area contributed by atoms with Crippen molar-refractivity contribution < 1.29 is 9.53 Å². The highest BCUT2D eigenvalue weighted by Crippen LogP contribution is 2.20. The summed E-state index contributed by atoms with van der Waals surface area (Å²) in [7, 11) is 0. The van der Waals surface area contributed by atoms with Crippen molar-refractivity contribution in [2.24, 2.45) is 0 Å². The summed E-state index contributed by atoms with van der Waals surface area (Å²) in [5.74, 6) is 1.90. The first-order valence-electron chi connectivity index (χ1n) is 10.4. The third-order valence-electron chi connectivity index (χ3n) is 4.69. The summed E-state index contributed by atoms with van der Waals surface area (Å²) >= 11 is 0. The summed E-state index contributed by atoms with van der Waals surface area (Å²) in [6.45, 7) is 2.80. The standard InChI is InChI=1S/C24H24N6O2/c1-2-3-15-32-21-11-5-18(6-12-21)24(31)29-20-9-7-19(8-10-20)28-22-16-23(26-17-25-22)30-14-4-13-27-30/h4-14,16-17H,2-3,15H2,1H3,(H,29,31)(H,25,26,28). The molecule has 0 bridgehead atoms. The Morgan fingerprint density at radius 3 is 2.53 bits per heavy atom. The van der Waals surface area contributed by atoms with Crippen LogP contribution in [0.3, 0.4) is 0 Å². The average Bonchev–Trinajstić information content (AvgIpc) is 3.36. The number of aromatic nitrogens is 4. The van der Waals surface area contributed by atoms with Gasteiger partial charge in [-0.05, 0) is 61.0 Å². The summed E-state index contributed by atoms with van der Waals surface area (Å²) in [6.07, 6.45) is 7.08. The molecule has 0 spiro atoms. The van der Waals surface area contributed by atoms with Gasteiger partial charge in [0.05, 0.1) is 6.61 Å². The highest BCUT2D eigenvalue weighted by atomic mass is 16.5. The van der Waals surface area contributed by atoms with Crippen LogP contribution in [0.4, 0.5) is 17.2 Å². The van der Waals surface area contributed by atoms with Gasteiger partial charge in [0.25, 0.3) is 5.91 Å². The number of anilines is 3. The first kappa shape index (κ1) is 21.0. The van der Waals surface area contributed by atoms with Gasteiger partial charge in [0.1, 0.15) is 17.9 Å². The fraction of sp³-hybridized carbons (Fsp3) is 0.167. The van der Waals surface area contributed by atoms with E-state index in [0.29, 0.717) is 29.5 Å². The van der Waals surface area contributed by atoms with Crippen molar-refractivity contribution in [3.63, 3.8) is 0 Å². The van der Waals surface area contributed by atoms with Gasteiger partial charge in [-0.2, -0.15) is 5.10 Å². The number of carbonyl (C=O) groups is 1. The topological polar surface area (TPSA) is 94.0 Å². The predicted molar refractivity (Wildman–Crippen MR) is 124 cm³/mol. The summed E-state index contributed by atoms with van der Waals surface area (Å²) < 4.78 is 7.30. The SMILES string of the molecule is CCCCOc1ccc(C(=O)Nc2ccc(Nc3cc(-n4cccn4)ncn3)cc2)cc1. The number of unbranched alkanes of at least 4 members (excludes halogenated alkanes) is 1. The molecule has 0 aliphatic rings. The number of nitrogens with zero attached hydrogens (tertiary/aromatic N) is 4. The van der Waals surface area contributed by atoms with Crippen LogP contribution in [0.1, 0.15) is 30.1 Å². The molecule has 0 fully saturated rings. The Labute approximate surface area is 186 Å². The number of ether oxygens (including phenoxy) is 1. The van der Waals surface area contributed by atoms with E-state index in [2.05, 4.69) is 32.6 Å². The minimum Gasteiger partial charge on any atom is -0.494 e. The minimum atomic E-state index is -0.175. The number of amides is 1. The molecule has 8 heteroatoms. The zero-order valence-electron chi connectivity index (χ0n) is 17.7. The molecule has 2 N–H and O–H groups in total. The molecule has 32 heavy (non-hydrogen) atoms. The zero-order valence-corrected chi connectivity index (χ0v) is 17.7. The number of rotatable bonds is 9. The largest absolute Gasteiger partial charge is 0.494 e. The van der Waals surface area contributed by atoms with Crippen LogP contribution in [0.15, 0.2) is 79.4 Å². The molecule has 162 valence electrons. The van der Waals surface area contributed by atoms with Gasteiger partial charge in [0, 0.05) is 35.4 Å². The van der Waals surface area contributed by atoms with Gasteiger partial charge >= 0.3 is 0 Å². The Morgan fingerprint density at radius 2 is 1.81 bits per heavy atom. The molecule has 2 aromatic heterocycles. The third-order valence-corrected chi connectivity index (χ3v) is 4.69. The molecule has 0 radical (unpaired) electrons. The lowest BCUT2D eigenvalue weighted by atomic mass is 10.2. The monoisotopic (exact) mass is 428 g/mol. The van der Waals surface area contributed by atoms with Crippen molar-refractivity contribution in [2.45, 2.75) is 19.8 Å². The molecule has 0 unspecified atom stereocenters. The third kappa shape index (κ3) is 5.48. The first-order valence-corrected chi connectivity index (χ1v) is 10.4. The normalized spacial score (nSPS) is 10.5. The Kier molecular flexibility index (Phi) is 6.72. The highest BCUT2D eigenvalue weighted by Gasteiger charge is 2.07. The Morgan fingerprint density at radius 1 is 1.03 bits per heavy atom. The van der Waals surface area contributed by atoms with Crippen LogP contribution >= 0.6 is 0 Å². The lowest BCUT2D eigenvalue weighted by molar-refractivity contribution is 0.102. The van der Waals surface area contributed by atoms with E-state index in [4.69, 9.17) is 4.74 Å². The van der Waals surface area contributed by atoms with Gasteiger partial charge in [-0.25, -0.2) is 14.6 Å². The minimum absolute atomic E-state index is 0.175. The van der Waals surface area contributed by atoms with Gasteiger partial charge < -0.3 is 15.4 Å². The Bertz CT molecular complexity index is 1140. The number of nitrogens with one attached hydrogen (secondary N) is 2. The van der Waals surface area contributed by atoms with Gasteiger partial charge in [0.2, 0.25) is 0 Å². The van der Waals surface area contributed by atoms with E-state index in [0.717, 1.165) is 24.3 Å². The summed E-state index contributed by atoms with van der Waals surface area (Å²) in [5.41, 5.74) is 2.10. The Hall–Kier alpha value is -4.20. The second-order valence-corrected chi connectivity index (χ2v) is 7.09. The molecule has 0 aliphatic heterocycles. The number of carbonyl (C=O) groups excluding carboxylic acids is 1. The van der Waals surface area contributed by atoms with Crippen LogP contribution in [0.2, 0.25) is 0 Å². The first-order chi connectivity index (χ1) is 15.7. The molecule has 0 saturated heterocycles. The second kappa shape index (κ2) is 10.2. The number of benzene rings is 2. The second-order valence-electron chi connectivity index (χ2n) is 7.09. The van der Waals surface area contributed by atoms with Crippen molar-refractivity contribution in [3.05, 3.63) is 84.9 Å². The van der Waals surface area contributed by atoms with E-state index in [9.17, 15) is 4.79 Å². The van der Waals surface area contributed by atoms with Crippen molar-refractivity contribution in [1.29, 1.82) is 0 Å². The van der Waals surface area contributed by atoms with Crippen LogP contribution in [-0.4, -0.2) is 32.3 Å². The van der Waals surface area contributed by atoms with E-state index in [1.165, 1.54) is 6.33 Å². The smallest absolute Gasteiger partial charge is 0.255 e. The molecule has 1 amide bonds. The molecule has 8 nitrogen and oxygen atoms in total. The van der Waals surface area contributed by atoms with Crippen LogP contribution in [-0.2, 0) is 0 Å². The van der Waals surface area contributed by atoms with E-state index in [1.807, 2.05) is 48.7 Å². The molecule has 0 saturated carbocycles. The van der Waals surface area contributed by atoms with Crippen LogP contribution in [0.25, 0.3) is 5.82 Å². The predicted octanol–water partition coefficient (Wildman–Crippen LogP) is 4.84. The summed E-state index contributed by atoms with van der Waals surface area (Å²) in [5, 5.41) is 10.3. The van der Waals surface area contributed by atoms with Crippen molar-refractivity contribution in [3.8, 4) is 11.6 Å². The zero-order chi connectivity index (χ0) is 22.2. The maximum absolute atomic E-state index is 12.5. The lowest BCUT2D eigenvalue weighted by Gasteiger charge is -2.10. The molecule has 0 aliphatic carbocycles. The van der Waals surface area contributed by atoms with E-state index in [1.54, 1.807) is 29.1 Å². The van der Waals surface area contributed by atoms with Gasteiger partial charge in [-0.1, -0.05) is 13.3 Å². The number of hydrogen-bond donors (Lipinski definition) is 2. The fourth-order valence-corrected chi connectivity index (χ4v) is 2.97. The maximum atomic E-state index is 12.5. The van der Waals surface area contributed by atoms with Crippen LogP contribution < -0.4 is 15.4 Å². The maximum Gasteiger partial charge on any atom is 0.255 e. The van der Waals surface area contributed by atoms with E-state index < -0.39 is 0 Å². The van der Waals surface area contributed by atoms with Gasteiger partial charge in [0.15, 0.2) is 5.82 Å². The van der Waals surface area contributed by atoms with Crippen molar-refractivity contribution >= 4 is 23.1 Å².